The first kappa shape index (κ1) is 18.8. The summed E-state index contributed by atoms with van der Waals surface area (Å²) in [6.45, 7) is 2.34. The van der Waals surface area contributed by atoms with Crippen LogP contribution in [-0.4, -0.2) is 37.3 Å². The number of phenols is 1. The topological polar surface area (TPSA) is 83.9 Å². The van der Waals surface area contributed by atoms with Crippen LogP contribution in [0.4, 0.5) is 4.79 Å². The molecule has 2 aromatic rings. The lowest BCUT2D eigenvalue weighted by atomic mass is 10.2. The number of carbonyl (C=O) groups is 1. The molecule has 0 bridgehead atoms. The van der Waals surface area contributed by atoms with Gasteiger partial charge in [-0.3, -0.25) is 0 Å². The Bertz CT molecular complexity index is 834. The number of rotatable bonds is 6. The van der Waals surface area contributed by atoms with E-state index in [1.165, 1.54) is 23.1 Å². The zero-order valence-electron chi connectivity index (χ0n) is 14.2. The SMILES string of the molecule is CCN(Cc1cc(S(C)(=O)=O)ccc1O)C(=O)OCc1ccccc1. The van der Waals surface area contributed by atoms with Gasteiger partial charge in [0.1, 0.15) is 12.4 Å². The maximum atomic E-state index is 12.2. The molecule has 0 radical (unpaired) electrons. The van der Waals surface area contributed by atoms with Crippen molar-refractivity contribution in [1.29, 1.82) is 0 Å². The maximum absolute atomic E-state index is 12.2. The van der Waals surface area contributed by atoms with Gasteiger partial charge in [0.05, 0.1) is 11.4 Å². The van der Waals surface area contributed by atoms with Crippen LogP contribution in [0.2, 0.25) is 0 Å². The molecule has 0 saturated carbocycles. The number of phenolic OH excluding ortho intramolecular Hbond substituents is 1. The van der Waals surface area contributed by atoms with Crippen LogP contribution >= 0.6 is 0 Å². The van der Waals surface area contributed by atoms with Crippen molar-refractivity contribution in [3.63, 3.8) is 0 Å². The number of nitrogens with zero attached hydrogens (tertiary/aromatic N) is 1. The van der Waals surface area contributed by atoms with Crippen molar-refractivity contribution in [3.05, 3.63) is 59.7 Å². The van der Waals surface area contributed by atoms with Gasteiger partial charge >= 0.3 is 6.09 Å². The van der Waals surface area contributed by atoms with Crippen LogP contribution in [0.1, 0.15) is 18.1 Å². The fourth-order valence-corrected chi connectivity index (χ4v) is 2.91. The van der Waals surface area contributed by atoms with Crippen LogP contribution in [0.3, 0.4) is 0 Å². The first-order valence-corrected chi connectivity index (χ1v) is 9.68. The zero-order valence-corrected chi connectivity index (χ0v) is 15.0. The lowest BCUT2D eigenvalue weighted by Crippen LogP contribution is -2.30. The first-order valence-electron chi connectivity index (χ1n) is 7.79. The van der Waals surface area contributed by atoms with Gasteiger partial charge in [0.25, 0.3) is 0 Å². The molecule has 6 nitrogen and oxygen atoms in total. The lowest BCUT2D eigenvalue weighted by molar-refractivity contribution is 0.0954. The highest BCUT2D eigenvalue weighted by molar-refractivity contribution is 7.90. The monoisotopic (exact) mass is 363 g/mol. The molecule has 0 atom stereocenters. The number of hydrogen-bond donors (Lipinski definition) is 1. The van der Waals surface area contributed by atoms with Crippen molar-refractivity contribution in [1.82, 2.24) is 4.90 Å². The summed E-state index contributed by atoms with van der Waals surface area (Å²) in [6.07, 6.45) is 0.560. The van der Waals surface area contributed by atoms with Gasteiger partial charge in [-0.15, -0.1) is 0 Å². The predicted octanol–water partition coefficient (Wildman–Crippen LogP) is 2.95. The van der Waals surface area contributed by atoms with E-state index in [-0.39, 0.29) is 23.8 Å². The van der Waals surface area contributed by atoms with E-state index in [4.69, 9.17) is 4.74 Å². The van der Waals surface area contributed by atoms with Crippen LogP contribution in [0.25, 0.3) is 0 Å². The Morgan fingerprint density at radius 1 is 1.16 bits per heavy atom. The normalized spacial score (nSPS) is 11.1. The van der Waals surface area contributed by atoms with E-state index in [0.717, 1.165) is 11.8 Å². The van der Waals surface area contributed by atoms with Crippen molar-refractivity contribution in [2.75, 3.05) is 12.8 Å². The van der Waals surface area contributed by atoms with E-state index in [9.17, 15) is 18.3 Å². The van der Waals surface area contributed by atoms with E-state index in [0.29, 0.717) is 12.1 Å². The third kappa shape index (κ3) is 5.22. The average molecular weight is 363 g/mol. The van der Waals surface area contributed by atoms with Crippen molar-refractivity contribution < 1.29 is 23.1 Å². The Morgan fingerprint density at radius 3 is 2.44 bits per heavy atom. The molecular weight excluding hydrogens is 342 g/mol. The highest BCUT2D eigenvalue weighted by Crippen LogP contribution is 2.23. The third-order valence-electron chi connectivity index (χ3n) is 3.69. The average Bonchev–Trinajstić information content (AvgIpc) is 2.58. The third-order valence-corrected chi connectivity index (χ3v) is 4.80. The number of sulfone groups is 1. The summed E-state index contributed by atoms with van der Waals surface area (Å²) in [6, 6.07) is 13.3. The first-order chi connectivity index (χ1) is 11.8. The molecule has 0 aliphatic rings. The highest BCUT2D eigenvalue weighted by atomic mass is 32.2. The molecule has 0 heterocycles. The molecule has 0 fully saturated rings. The molecule has 0 spiro atoms. The molecule has 1 N–H and O–H groups in total. The minimum atomic E-state index is -3.40. The molecule has 7 heteroatoms. The highest BCUT2D eigenvalue weighted by Gasteiger charge is 2.17. The largest absolute Gasteiger partial charge is 0.508 e. The fraction of sp³-hybridized carbons (Fsp3) is 0.278. The van der Waals surface area contributed by atoms with Crippen molar-refractivity contribution in [3.8, 4) is 5.75 Å². The summed E-state index contributed by atoms with van der Waals surface area (Å²) in [4.78, 5) is 13.7. The van der Waals surface area contributed by atoms with Gasteiger partial charge in [-0.05, 0) is 30.7 Å². The van der Waals surface area contributed by atoms with Crippen LogP contribution in [0, 0.1) is 0 Å². The maximum Gasteiger partial charge on any atom is 0.410 e. The standard InChI is InChI=1S/C18H21NO5S/c1-3-19(18(21)24-13-14-7-5-4-6-8-14)12-15-11-16(25(2,22)23)9-10-17(15)20/h4-11,20H,3,12-13H2,1-2H3. The molecule has 1 amide bonds. The molecule has 0 unspecified atom stereocenters. The fourth-order valence-electron chi connectivity index (χ4n) is 2.24. The lowest BCUT2D eigenvalue weighted by Gasteiger charge is -2.21. The molecule has 2 aromatic carbocycles. The van der Waals surface area contributed by atoms with Gasteiger partial charge in [0, 0.05) is 18.4 Å². The summed E-state index contributed by atoms with van der Waals surface area (Å²) < 4.78 is 28.6. The van der Waals surface area contributed by atoms with Crippen LogP contribution in [-0.2, 0) is 27.7 Å². The number of amides is 1. The number of aromatic hydroxyl groups is 1. The quantitative estimate of drug-likeness (QED) is 0.853. The second-order valence-electron chi connectivity index (χ2n) is 5.62. The molecule has 0 saturated heterocycles. The minimum absolute atomic E-state index is 0.0549. The van der Waals surface area contributed by atoms with E-state index in [1.54, 1.807) is 6.92 Å². The van der Waals surface area contributed by atoms with Gasteiger partial charge < -0.3 is 14.7 Å². The molecule has 0 aromatic heterocycles. The summed E-state index contributed by atoms with van der Waals surface area (Å²) >= 11 is 0. The summed E-state index contributed by atoms with van der Waals surface area (Å²) in [7, 11) is -3.40. The second-order valence-corrected chi connectivity index (χ2v) is 7.63. The summed E-state index contributed by atoms with van der Waals surface area (Å²) in [5.74, 6) is -0.0679. The van der Waals surface area contributed by atoms with Crippen LogP contribution in [0.15, 0.2) is 53.4 Å². The molecule has 0 aliphatic carbocycles. The van der Waals surface area contributed by atoms with Gasteiger partial charge in [-0.1, -0.05) is 30.3 Å². The minimum Gasteiger partial charge on any atom is -0.508 e. The Labute approximate surface area is 147 Å². The van der Waals surface area contributed by atoms with Gasteiger partial charge in [-0.2, -0.15) is 0 Å². The number of benzene rings is 2. The van der Waals surface area contributed by atoms with E-state index in [2.05, 4.69) is 0 Å². The van der Waals surface area contributed by atoms with E-state index in [1.807, 2.05) is 30.3 Å². The smallest absolute Gasteiger partial charge is 0.410 e. The summed E-state index contributed by atoms with van der Waals surface area (Å²) in [5, 5.41) is 9.96. The predicted molar refractivity (Wildman–Crippen MR) is 93.9 cm³/mol. The number of hydrogen-bond acceptors (Lipinski definition) is 5. The number of ether oxygens (including phenoxy) is 1. The van der Waals surface area contributed by atoms with Crippen molar-refractivity contribution >= 4 is 15.9 Å². The second kappa shape index (κ2) is 8.02. The molecule has 2 rings (SSSR count). The van der Waals surface area contributed by atoms with Crippen LogP contribution < -0.4 is 0 Å². The van der Waals surface area contributed by atoms with Crippen molar-refractivity contribution in [2.45, 2.75) is 25.0 Å². The Balaban J connectivity index is 2.09. The van der Waals surface area contributed by atoms with E-state index >= 15 is 0 Å². The Hall–Kier alpha value is -2.54. The summed E-state index contributed by atoms with van der Waals surface area (Å²) in [5.41, 5.74) is 1.22. The molecule has 25 heavy (non-hydrogen) atoms. The Kier molecular flexibility index (Phi) is 6.03. The molecule has 134 valence electrons. The molecule has 0 aliphatic heterocycles. The van der Waals surface area contributed by atoms with Crippen LogP contribution in [0.5, 0.6) is 5.75 Å². The Morgan fingerprint density at radius 2 is 1.84 bits per heavy atom. The zero-order chi connectivity index (χ0) is 18.4. The number of carbonyl (C=O) groups excluding carboxylic acids is 1. The van der Waals surface area contributed by atoms with Crippen molar-refractivity contribution in [2.24, 2.45) is 0 Å². The van der Waals surface area contributed by atoms with Gasteiger partial charge in [0.2, 0.25) is 0 Å². The van der Waals surface area contributed by atoms with Gasteiger partial charge in [-0.25, -0.2) is 13.2 Å². The van der Waals surface area contributed by atoms with Gasteiger partial charge in [0.15, 0.2) is 9.84 Å². The van der Waals surface area contributed by atoms with E-state index < -0.39 is 15.9 Å². The molecular formula is C18H21NO5S.